The summed E-state index contributed by atoms with van der Waals surface area (Å²) in [6.07, 6.45) is 2.53. The van der Waals surface area contributed by atoms with Crippen molar-refractivity contribution in [3.05, 3.63) is 143 Å². The second kappa shape index (κ2) is 18.7. The predicted octanol–water partition coefficient (Wildman–Crippen LogP) is 5.61. The molecule has 8 N–H and O–H groups in total. The third kappa shape index (κ3) is 10.6. The van der Waals surface area contributed by atoms with Crippen molar-refractivity contribution in [2.24, 2.45) is 0 Å². The van der Waals surface area contributed by atoms with Gasteiger partial charge >= 0.3 is 5.97 Å². The molecule has 5 aromatic carbocycles. The molecule has 0 bridgehead atoms. The number of nitrogens with one attached hydrogen (secondary N) is 5. The number of carboxylic acid groups (broad SMARTS) is 1. The molecule has 5 aromatic rings. The van der Waals surface area contributed by atoms with E-state index in [1.165, 1.54) is 110 Å². The van der Waals surface area contributed by atoms with E-state index in [9.17, 15) is 44.2 Å². The highest BCUT2D eigenvalue weighted by atomic mass is 16.5. The topological polar surface area (TPSA) is 256 Å². The van der Waals surface area contributed by atoms with Crippen molar-refractivity contribution in [1.82, 2.24) is 5.32 Å². The lowest BCUT2D eigenvalue weighted by atomic mass is 10.1. The van der Waals surface area contributed by atoms with Gasteiger partial charge in [0.25, 0.3) is 17.7 Å². The van der Waals surface area contributed by atoms with Crippen molar-refractivity contribution < 1.29 is 48.8 Å². The Labute approximate surface area is 330 Å². The Balaban J connectivity index is 1.15. The van der Waals surface area contributed by atoms with Gasteiger partial charge in [-0.15, -0.1) is 0 Å². The number of nitriles is 1. The molecule has 16 nitrogen and oxygen atoms in total. The summed E-state index contributed by atoms with van der Waals surface area (Å²) in [5.41, 5.74) is 1.82. The van der Waals surface area contributed by atoms with Gasteiger partial charge in [-0.1, -0.05) is 12.1 Å². The SMILES string of the molecule is COc1c(NC(=O)c2ccc(NC(=O)[C@H](CC#N)NC(=O)c3ccc(NC(=O)/C=C/c4ccc(O)cc4)cc3)cc2)ccc(C(=O)Nc2ccc(C(=O)O)cc2)c1O. The largest absolute Gasteiger partial charge is 0.508 e. The van der Waals surface area contributed by atoms with Crippen LogP contribution in [0.25, 0.3) is 6.08 Å². The Kier molecular flexibility index (Phi) is 13.2. The van der Waals surface area contributed by atoms with Gasteiger partial charge in [-0.05, 0) is 109 Å². The van der Waals surface area contributed by atoms with Gasteiger partial charge in [0.1, 0.15) is 11.8 Å². The second-order valence-corrected chi connectivity index (χ2v) is 12.3. The number of amides is 5. The molecule has 0 radical (unpaired) electrons. The highest BCUT2D eigenvalue weighted by Gasteiger charge is 2.23. The number of ether oxygens (including phenoxy) is 1. The minimum Gasteiger partial charge on any atom is -0.508 e. The molecule has 58 heavy (non-hydrogen) atoms. The summed E-state index contributed by atoms with van der Waals surface area (Å²) in [5.74, 6) is -4.90. The van der Waals surface area contributed by atoms with E-state index in [1.807, 2.05) is 6.07 Å². The van der Waals surface area contributed by atoms with Gasteiger partial charge in [-0.3, -0.25) is 24.0 Å². The van der Waals surface area contributed by atoms with Crippen LogP contribution in [0.4, 0.5) is 22.7 Å². The fourth-order valence-corrected chi connectivity index (χ4v) is 5.27. The molecule has 0 aromatic heterocycles. The lowest BCUT2D eigenvalue weighted by molar-refractivity contribution is -0.118. The van der Waals surface area contributed by atoms with Crippen molar-refractivity contribution in [1.29, 1.82) is 5.26 Å². The molecule has 0 heterocycles. The van der Waals surface area contributed by atoms with Gasteiger partial charge in [0, 0.05) is 34.3 Å². The zero-order valence-electron chi connectivity index (χ0n) is 30.5. The van der Waals surface area contributed by atoms with E-state index < -0.39 is 47.3 Å². The van der Waals surface area contributed by atoms with Crippen LogP contribution < -0.4 is 31.3 Å². The second-order valence-electron chi connectivity index (χ2n) is 12.3. The van der Waals surface area contributed by atoms with Gasteiger partial charge in [-0.2, -0.15) is 5.26 Å². The fraction of sp³-hybridized carbons (Fsp3) is 0.0714. The molecule has 0 fully saturated rings. The van der Waals surface area contributed by atoms with Crippen molar-refractivity contribution in [2.75, 3.05) is 28.4 Å². The van der Waals surface area contributed by atoms with Crippen molar-refractivity contribution in [3.8, 4) is 23.3 Å². The summed E-state index contributed by atoms with van der Waals surface area (Å²) in [6.45, 7) is 0. The highest BCUT2D eigenvalue weighted by molar-refractivity contribution is 6.10. The zero-order chi connectivity index (χ0) is 41.8. The number of rotatable bonds is 14. The normalized spacial score (nSPS) is 11.0. The van der Waals surface area contributed by atoms with Gasteiger partial charge in [-0.25, -0.2) is 4.79 Å². The molecule has 0 aliphatic heterocycles. The molecule has 0 unspecified atom stereocenters. The standard InChI is InChI=1S/C42H34N6O10/c1-58-37-33(20-19-32(36(37)51)40(54)45-29-15-9-27(10-16-29)42(56)57)47-38(52)25-7-13-30(14-8-25)46-41(55)34(22-23-43)48-39(53)26-5-11-28(12-6-26)44-35(50)21-4-24-2-17-31(49)18-3-24/h2-21,34,49,51H,22H2,1H3,(H,44,50)(H,45,54)(H,46,55)(H,47,52)(H,48,53)(H,56,57)/b21-4+/t34-/m0/s1. The van der Waals surface area contributed by atoms with Crippen molar-refractivity contribution in [3.63, 3.8) is 0 Å². The first-order chi connectivity index (χ1) is 27.8. The Bertz CT molecular complexity index is 2420. The van der Waals surface area contributed by atoms with E-state index in [0.717, 1.165) is 0 Å². The van der Waals surface area contributed by atoms with Crippen LogP contribution in [0.15, 0.2) is 115 Å². The number of phenolic OH excluding ortho intramolecular Hbond substituents is 2. The first kappa shape index (κ1) is 40.7. The maximum atomic E-state index is 13.1. The first-order valence-corrected chi connectivity index (χ1v) is 17.2. The van der Waals surface area contributed by atoms with Crippen molar-refractivity contribution >= 4 is 64.3 Å². The maximum Gasteiger partial charge on any atom is 0.335 e. The average molecular weight is 783 g/mol. The van der Waals surface area contributed by atoms with E-state index in [4.69, 9.17) is 9.84 Å². The number of carbonyl (C=O) groups is 6. The van der Waals surface area contributed by atoms with Crippen LogP contribution in [-0.2, 0) is 9.59 Å². The number of anilines is 4. The molecule has 0 saturated carbocycles. The molecule has 0 spiro atoms. The molecule has 5 amide bonds. The van der Waals surface area contributed by atoms with Gasteiger partial charge in [0.05, 0.1) is 36.4 Å². The van der Waals surface area contributed by atoms with Crippen LogP contribution in [0.5, 0.6) is 17.2 Å². The third-order valence-electron chi connectivity index (χ3n) is 8.28. The summed E-state index contributed by atoms with van der Waals surface area (Å²) in [5, 5.41) is 51.5. The average Bonchev–Trinajstić information content (AvgIpc) is 3.21. The van der Waals surface area contributed by atoms with Crippen LogP contribution in [0.3, 0.4) is 0 Å². The predicted molar refractivity (Wildman–Crippen MR) is 213 cm³/mol. The number of benzene rings is 5. The Hall–Kier alpha value is -8.45. The summed E-state index contributed by atoms with van der Waals surface area (Å²) in [4.78, 5) is 75.4. The summed E-state index contributed by atoms with van der Waals surface area (Å²) >= 11 is 0. The number of aromatic hydroxyl groups is 2. The quantitative estimate of drug-likeness (QED) is 0.0642. The molecular weight excluding hydrogens is 748 g/mol. The molecule has 0 aliphatic carbocycles. The zero-order valence-corrected chi connectivity index (χ0v) is 30.5. The molecule has 292 valence electrons. The number of hydrogen-bond donors (Lipinski definition) is 8. The van der Waals surface area contributed by atoms with Crippen molar-refractivity contribution in [2.45, 2.75) is 12.5 Å². The lowest BCUT2D eigenvalue weighted by Gasteiger charge is -2.17. The number of aromatic carboxylic acids is 1. The van der Waals surface area contributed by atoms with Gasteiger partial charge in [0.2, 0.25) is 11.8 Å². The number of carboxylic acids is 1. The Morgan fingerprint density at radius 3 is 1.79 bits per heavy atom. The third-order valence-corrected chi connectivity index (χ3v) is 8.28. The van der Waals surface area contributed by atoms with Crippen LogP contribution in [0.1, 0.15) is 53.4 Å². The smallest absolute Gasteiger partial charge is 0.335 e. The minimum absolute atomic E-state index is 0.0243. The minimum atomic E-state index is -1.24. The summed E-state index contributed by atoms with van der Waals surface area (Å²) in [7, 11) is 1.23. The van der Waals surface area contributed by atoms with E-state index in [0.29, 0.717) is 11.3 Å². The molecule has 0 aliphatic rings. The monoisotopic (exact) mass is 782 g/mol. The molecule has 16 heteroatoms. The number of nitrogens with zero attached hydrogens (tertiary/aromatic N) is 1. The Morgan fingerprint density at radius 1 is 0.672 bits per heavy atom. The molecule has 5 rings (SSSR count). The van der Waals surface area contributed by atoms with Gasteiger partial charge in [0.15, 0.2) is 11.5 Å². The number of carbonyl (C=O) groups excluding carboxylic acids is 5. The summed E-state index contributed by atoms with van der Waals surface area (Å²) in [6, 6.07) is 26.4. The van der Waals surface area contributed by atoms with E-state index in [2.05, 4.69) is 26.6 Å². The van der Waals surface area contributed by atoms with E-state index in [-0.39, 0.29) is 57.2 Å². The maximum absolute atomic E-state index is 13.1. The van der Waals surface area contributed by atoms with Crippen LogP contribution in [-0.4, -0.2) is 64.0 Å². The summed E-state index contributed by atoms with van der Waals surface area (Å²) < 4.78 is 5.27. The fourth-order valence-electron chi connectivity index (χ4n) is 5.27. The molecule has 0 saturated heterocycles. The lowest BCUT2D eigenvalue weighted by Crippen LogP contribution is -2.43. The van der Waals surface area contributed by atoms with E-state index >= 15 is 0 Å². The van der Waals surface area contributed by atoms with Crippen LogP contribution >= 0.6 is 0 Å². The molecular formula is C42H34N6O10. The highest BCUT2D eigenvalue weighted by Crippen LogP contribution is 2.38. The molecule has 1 atom stereocenters. The van der Waals surface area contributed by atoms with Gasteiger partial charge < -0.3 is 46.6 Å². The van der Waals surface area contributed by atoms with Crippen LogP contribution in [0, 0.1) is 11.3 Å². The number of hydrogen-bond acceptors (Lipinski definition) is 10. The Morgan fingerprint density at radius 2 is 1.22 bits per heavy atom. The first-order valence-electron chi connectivity index (χ1n) is 17.2. The van der Waals surface area contributed by atoms with Crippen LogP contribution in [0.2, 0.25) is 0 Å². The number of phenols is 2. The number of methoxy groups -OCH3 is 1. The van der Waals surface area contributed by atoms with E-state index in [1.54, 1.807) is 18.2 Å².